The summed E-state index contributed by atoms with van der Waals surface area (Å²) in [5, 5.41) is 0. The number of fused-ring (bicyclic) bond motifs is 1. The van der Waals surface area contributed by atoms with Crippen LogP contribution < -0.4 is 10.6 Å². The summed E-state index contributed by atoms with van der Waals surface area (Å²) in [6.07, 6.45) is 2.17. The molecule has 1 unspecified atom stereocenters. The first-order valence-electron chi connectivity index (χ1n) is 7.40. The Hall–Kier alpha value is -1.55. The maximum absolute atomic E-state index is 12.1. The average Bonchev–Trinajstić information content (AvgIpc) is 2.45. The van der Waals surface area contributed by atoms with Gasteiger partial charge < -0.3 is 15.5 Å². The van der Waals surface area contributed by atoms with Gasteiger partial charge in [-0.25, -0.2) is 0 Å². The number of benzene rings is 1. The topological polar surface area (TPSA) is 49.6 Å². The van der Waals surface area contributed by atoms with E-state index < -0.39 is 0 Å². The second kappa shape index (κ2) is 6.27. The van der Waals surface area contributed by atoms with Crippen LogP contribution >= 0.6 is 0 Å². The van der Waals surface area contributed by atoms with Gasteiger partial charge >= 0.3 is 0 Å². The molecule has 1 aromatic carbocycles. The number of nitrogens with zero attached hydrogens (tertiary/aromatic N) is 2. The van der Waals surface area contributed by atoms with Gasteiger partial charge in [-0.2, -0.15) is 0 Å². The van der Waals surface area contributed by atoms with E-state index in [1.165, 1.54) is 16.8 Å². The van der Waals surface area contributed by atoms with Crippen LogP contribution in [0.1, 0.15) is 37.4 Å². The van der Waals surface area contributed by atoms with Crippen molar-refractivity contribution in [3.63, 3.8) is 0 Å². The third-order valence-electron chi connectivity index (χ3n) is 4.07. The first-order valence-corrected chi connectivity index (χ1v) is 7.40. The maximum atomic E-state index is 12.1. The molecule has 0 aliphatic carbocycles. The fourth-order valence-corrected chi connectivity index (χ4v) is 2.60. The van der Waals surface area contributed by atoms with E-state index in [2.05, 4.69) is 23.1 Å². The number of aryl methyl sites for hydroxylation is 1. The van der Waals surface area contributed by atoms with Crippen LogP contribution in [0.5, 0.6) is 0 Å². The highest BCUT2D eigenvalue weighted by molar-refractivity contribution is 5.81. The summed E-state index contributed by atoms with van der Waals surface area (Å²) in [6.45, 7) is 6.17. The minimum atomic E-state index is 0.0588. The number of hydrogen-bond donors (Lipinski definition) is 1. The Kier molecular flexibility index (Phi) is 4.65. The van der Waals surface area contributed by atoms with Crippen molar-refractivity contribution in [3.05, 3.63) is 29.3 Å². The van der Waals surface area contributed by atoms with E-state index in [0.29, 0.717) is 6.54 Å². The fourth-order valence-electron chi connectivity index (χ4n) is 2.60. The molecular weight excluding hydrogens is 250 g/mol. The Bertz CT molecular complexity index is 485. The van der Waals surface area contributed by atoms with Crippen molar-refractivity contribution in [1.82, 2.24) is 4.90 Å². The first-order chi connectivity index (χ1) is 9.52. The molecule has 1 aliphatic heterocycles. The number of carbonyl (C=O) groups excluding carboxylic acids is 1. The van der Waals surface area contributed by atoms with Crippen molar-refractivity contribution in [2.45, 2.75) is 32.7 Å². The highest BCUT2D eigenvalue weighted by atomic mass is 16.2. The zero-order valence-corrected chi connectivity index (χ0v) is 12.7. The Balaban J connectivity index is 2.18. The maximum Gasteiger partial charge on any atom is 0.241 e. The molecule has 1 aromatic rings. The van der Waals surface area contributed by atoms with Gasteiger partial charge in [0.25, 0.3) is 0 Å². The molecule has 0 saturated heterocycles. The van der Waals surface area contributed by atoms with Crippen molar-refractivity contribution in [1.29, 1.82) is 0 Å². The molecule has 0 fully saturated rings. The summed E-state index contributed by atoms with van der Waals surface area (Å²) in [5.74, 6) is 0.177. The lowest BCUT2D eigenvalue weighted by Gasteiger charge is -2.32. The van der Waals surface area contributed by atoms with E-state index in [1.54, 1.807) is 4.90 Å². The van der Waals surface area contributed by atoms with Gasteiger partial charge in [0.1, 0.15) is 0 Å². The molecule has 110 valence electrons. The van der Waals surface area contributed by atoms with E-state index >= 15 is 0 Å². The number of anilines is 1. The van der Waals surface area contributed by atoms with Gasteiger partial charge in [-0.15, -0.1) is 0 Å². The van der Waals surface area contributed by atoms with Crippen molar-refractivity contribution in [3.8, 4) is 0 Å². The molecule has 2 rings (SSSR count). The number of rotatable bonds is 4. The molecule has 4 nitrogen and oxygen atoms in total. The second-order valence-corrected chi connectivity index (χ2v) is 5.61. The van der Waals surface area contributed by atoms with E-state index in [4.69, 9.17) is 5.73 Å². The smallest absolute Gasteiger partial charge is 0.241 e. The predicted molar refractivity (Wildman–Crippen MR) is 82.9 cm³/mol. The van der Waals surface area contributed by atoms with Crippen molar-refractivity contribution >= 4 is 11.6 Å². The number of hydrogen-bond acceptors (Lipinski definition) is 3. The lowest BCUT2D eigenvalue weighted by Crippen LogP contribution is -2.40. The molecule has 0 bridgehead atoms. The SMILES string of the molecule is CCN(C)C(=O)CN1CCCc2cc(C(C)N)ccc21. The van der Waals surface area contributed by atoms with Gasteiger partial charge in [-0.05, 0) is 43.9 Å². The number of likely N-dealkylation sites (N-methyl/N-ethyl adjacent to an activating group) is 1. The number of nitrogens with two attached hydrogens (primary N) is 1. The lowest BCUT2D eigenvalue weighted by atomic mass is 9.97. The standard InChI is InChI=1S/C16H25N3O/c1-4-18(3)16(20)11-19-9-5-6-14-10-13(12(2)17)7-8-15(14)19/h7-8,10,12H,4-6,9,11,17H2,1-3H3. The van der Waals surface area contributed by atoms with Gasteiger partial charge in [0.2, 0.25) is 5.91 Å². The molecule has 1 atom stereocenters. The minimum absolute atomic E-state index is 0.0588. The molecule has 4 heteroatoms. The van der Waals surface area contributed by atoms with Crippen LogP contribution in [-0.2, 0) is 11.2 Å². The zero-order chi connectivity index (χ0) is 14.7. The lowest BCUT2D eigenvalue weighted by molar-refractivity contribution is -0.128. The minimum Gasteiger partial charge on any atom is -0.362 e. The van der Waals surface area contributed by atoms with Gasteiger partial charge in [0.05, 0.1) is 6.54 Å². The fraction of sp³-hybridized carbons (Fsp3) is 0.562. The summed E-state index contributed by atoms with van der Waals surface area (Å²) < 4.78 is 0. The Morgan fingerprint density at radius 2 is 2.25 bits per heavy atom. The zero-order valence-electron chi connectivity index (χ0n) is 12.7. The van der Waals surface area contributed by atoms with Crippen LogP contribution in [0.4, 0.5) is 5.69 Å². The average molecular weight is 275 g/mol. The van der Waals surface area contributed by atoms with Gasteiger partial charge in [-0.1, -0.05) is 12.1 Å². The van der Waals surface area contributed by atoms with Gasteiger partial charge in [-0.3, -0.25) is 4.79 Å². The quantitative estimate of drug-likeness (QED) is 0.913. The second-order valence-electron chi connectivity index (χ2n) is 5.61. The largest absolute Gasteiger partial charge is 0.362 e. The number of amides is 1. The van der Waals surface area contributed by atoms with Crippen LogP contribution in [0.25, 0.3) is 0 Å². The van der Waals surface area contributed by atoms with Crippen LogP contribution in [0, 0.1) is 0 Å². The molecule has 0 aromatic heterocycles. The van der Waals surface area contributed by atoms with E-state index in [1.807, 2.05) is 20.9 Å². The first kappa shape index (κ1) is 14.9. The van der Waals surface area contributed by atoms with E-state index in [9.17, 15) is 4.79 Å². The molecule has 0 spiro atoms. The van der Waals surface area contributed by atoms with Crippen LogP contribution in [0.2, 0.25) is 0 Å². The normalized spacial score (nSPS) is 15.7. The summed E-state index contributed by atoms with van der Waals surface area (Å²) >= 11 is 0. The van der Waals surface area contributed by atoms with Gasteiger partial charge in [0, 0.05) is 31.9 Å². The highest BCUT2D eigenvalue weighted by Crippen LogP contribution is 2.29. The molecule has 1 amide bonds. The molecule has 20 heavy (non-hydrogen) atoms. The predicted octanol–water partition coefficient (Wildman–Crippen LogP) is 1.94. The number of carbonyl (C=O) groups is 1. The van der Waals surface area contributed by atoms with Crippen molar-refractivity contribution in [2.24, 2.45) is 5.73 Å². The van der Waals surface area contributed by atoms with Gasteiger partial charge in [0.15, 0.2) is 0 Å². The third-order valence-corrected chi connectivity index (χ3v) is 4.07. The van der Waals surface area contributed by atoms with Crippen molar-refractivity contribution in [2.75, 3.05) is 31.6 Å². The molecule has 1 aliphatic rings. The Morgan fingerprint density at radius 1 is 1.50 bits per heavy atom. The Morgan fingerprint density at radius 3 is 2.90 bits per heavy atom. The van der Waals surface area contributed by atoms with Crippen LogP contribution in [-0.4, -0.2) is 37.5 Å². The summed E-state index contributed by atoms with van der Waals surface area (Å²) in [4.78, 5) is 16.1. The van der Waals surface area contributed by atoms with Crippen molar-refractivity contribution < 1.29 is 4.79 Å². The Labute approximate surface area is 121 Å². The van der Waals surface area contributed by atoms with E-state index in [-0.39, 0.29) is 11.9 Å². The molecular formula is C16H25N3O. The summed E-state index contributed by atoms with van der Waals surface area (Å²) in [6, 6.07) is 6.45. The summed E-state index contributed by atoms with van der Waals surface area (Å²) in [5.41, 5.74) is 9.63. The van der Waals surface area contributed by atoms with Crippen LogP contribution in [0.15, 0.2) is 18.2 Å². The molecule has 2 N–H and O–H groups in total. The third kappa shape index (κ3) is 3.12. The molecule has 0 radical (unpaired) electrons. The van der Waals surface area contributed by atoms with Crippen LogP contribution in [0.3, 0.4) is 0 Å². The highest BCUT2D eigenvalue weighted by Gasteiger charge is 2.20. The molecule has 0 saturated carbocycles. The van der Waals surface area contributed by atoms with E-state index in [0.717, 1.165) is 25.9 Å². The monoisotopic (exact) mass is 275 g/mol. The summed E-state index contributed by atoms with van der Waals surface area (Å²) in [7, 11) is 1.85. The molecule has 1 heterocycles.